The first-order valence-electron chi connectivity index (χ1n) is 7.93. The molecule has 1 aliphatic carbocycles. The topological polar surface area (TPSA) is 75.6 Å². The normalized spacial score (nSPS) is 17.3. The van der Waals surface area contributed by atoms with Gasteiger partial charge in [0.25, 0.3) is 0 Å². The molecule has 2 aromatic rings. The second-order valence-corrected chi connectivity index (χ2v) is 6.13. The van der Waals surface area contributed by atoms with Gasteiger partial charge in [-0.3, -0.25) is 14.6 Å². The zero-order valence-corrected chi connectivity index (χ0v) is 13.2. The van der Waals surface area contributed by atoms with Crippen LogP contribution >= 0.6 is 0 Å². The Morgan fingerprint density at radius 1 is 1.50 bits per heavy atom. The Labute approximate surface area is 130 Å². The van der Waals surface area contributed by atoms with Crippen LogP contribution in [0.25, 0.3) is 0 Å². The predicted octanol–water partition coefficient (Wildman–Crippen LogP) is 1.68. The Balaban J connectivity index is 1.42. The second-order valence-electron chi connectivity index (χ2n) is 6.13. The molecule has 22 heavy (non-hydrogen) atoms. The van der Waals surface area contributed by atoms with E-state index in [4.69, 9.17) is 0 Å². The third-order valence-corrected chi connectivity index (χ3v) is 4.26. The number of hydrogen-bond donors (Lipinski definition) is 2. The highest BCUT2D eigenvalue weighted by molar-refractivity contribution is 5.76. The summed E-state index contributed by atoms with van der Waals surface area (Å²) < 4.78 is 1.97. The van der Waals surface area contributed by atoms with Crippen molar-refractivity contribution in [1.82, 2.24) is 25.3 Å². The SMILES string of the molecule is Cc1cc(C)n(CCCC(=O)NC2CCc3cn[nH]c3C2)n1. The quantitative estimate of drug-likeness (QED) is 0.882. The Hall–Kier alpha value is -2.11. The molecule has 2 aromatic heterocycles. The molecule has 0 fully saturated rings. The van der Waals surface area contributed by atoms with Gasteiger partial charge in [-0.2, -0.15) is 10.2 Å². The van der Waals surface area contributed by atoms with E-state index in [1.165, 1.54) is 11.3 Å². The largest absolute Gasteiger partial charge is 0.353 e. The first-order valence-corrected chi connectivity index (χ1v) is 7.93. The van der Waals surface area contributed by atoms with E-state index in [1.807, 2.05) is 24.7 Å². The van der Waals surface area contributed by atoms with Crippen molar-refractivity contribution in [3.63, 3.8) is 0 Å². The maximum absolute atomic E-state index is 12.1. The minimum absolute atomic E-state index is 0.134. The zero-order valence-electron chi connectivity index (χ0n) is 13.2. The van der Waals surface area contributed by atoms with Crippen molar-refractivity contribution in [1.29, 1.82) is 0 Å². The number of aryl methyl sites for hydroxylation is 4. The van der Waals surface area contributed by atoms with Gasteiger partial charge in [-0.05, 0) is 44.7 Å². The van der Waals surface area contributed by atoms with Gasteiger partial charge in [0.2, 0.25) is 5.91 Å². The second kappa shape index (κ2) is 6.34. The Morgan fingerprint density at radius 3 is 3.14 bits per heavy atom. The molecule has 1 unspecified atom stereocenters. The number of hydrogen-bond acceptors (Lipinski definition) is 3. The van der Waals surface area contributed by atoms with Crippen molar-refractivity contribution in [2.45, 2.75) is 58.5 Å². The summed E-state index contributed by atoms with van der Waals surface area (Å²) in [5.74, 6) is 0.134. The average molecular weight is 301 g/mol. The smallest absolute Gasteiger partial charge is 0.220 e. The van der Waals surface area contributed by atoms with Crippen LogP contribution in [0, 0.1) is 13.8 Å². The predicted molar refractivity (Wildman–Crippen MR) is 83.5 cm³/mol. The first-order chi connectivity index (χ1) is 10.6. The van der Waals surface area contributed by atoms with E-state index in [-0.39, 0.29) is 11.9 Å². The van der Waals surface area contributed by atoms with Gasteiger partial charge < -0.3 is 5.32 Å². The van der Waals surface area contributed by atoms with Crippen molar-refractivity contribution in [2.24, 2.45) is 0 Å². The molecule has 0 aromatic carbocycles. The molecular formula is C16H23N5O. The summed E-state index contributed by atoms with van der Waals surface area (Å²) in [6.45, 7) is 4.83. The summed E-state index contributed by atoms with van der Waals surface area (Å²) in [5.41, 5.74) is 4.63. The Kier molecular flexibility index (Phi) is 4.27. The summed E-state index contributed by atoms with van der Waals surface area (Å²) in [7, 11) is 0. The molecular weight excluding hydrogens is 278 g/mol. The Morgan fingerprint density at radius 2 is 2.36 bits per heavy atom. The third kappa shape index (κ3) is 3.37. The average Bonchev–Trinajstić information content (AvgIpc) is 3.05. The molecule has 2 N–H and O–H groups in total. The zero-order chi connectivity index (χ0) is 15.5. The molecule has 0 saturated heterocycles. The number of rotatable bonds is 5. The van der Waals surface area contributed by atoms with Crippen LogP contribution in [0.5, 0.6) is 0 Å². The van der Waals surface area contributed by atoms with Crippen LogP contribution in [0.3, 0.4) is 0 Å². The lowest BCUT2D eigenvalue weighted by atomic mass is 9.93. The van der Waals surface area contributed by atoms with Crippen LogP contribution in [0.4, 0.5) is 0 Å². The lowest BCUT2D eigenvalue weighted by Crippen LogP contribution is -2.38. The van der Waals surface area contributed by atoms with Crippen LogP contribution in [0.1, 0.15) is 41.9 Å². The van der Waals surface area contributed by atoms with Gasteiger partial charge in [0.15, 0.2) is 0 Å². The fourth-order valence-electron chi connectivity index (χ4n) is 3.12. The van der Waals surface area contributed by atoms with Crippen LogP contribution in [0.2, 0.25) is 0 Å². The summed E-state index contributed by atoms with van der Waals surface area (Å²) in [4.78, 5) is 12.1. The Bertz CT molecular complexity index is 657. The molecule has 3 rings (SSSR count). The molecule has 6 nitrogen and oxygen atoms in total. The third-order valence-electron chi connectivity index (χ3n) is 4.26. The number of aromatic amines is 1. The van der Waals surface area contributed by atoms with E-state index in [2.05, 4.69) is 26.7 Å². The highest BCUT2D eigenvalue weighted by atomic mass is 16.1. The number of carbonyl (C=O) groups excluding carboxylic acids is 1. The fraction of sp³-hybridized carbons (Fsp3) is 0.562. The molecule has 0 aliphatic heterocycles. The number of nitrogens with one attached hydrogen (secondary N) is 2. The van der Waals surface area contributed by atoms with Gasteiger partial charge in [0.05, 0.1) is 11.9 Å². The summed E-state index contributed by atoms with van der Waals surface area (Å²) in [6.07, 6.45) is 6.10. The van der Waals surface area contributed by atoms with E-state index >= 15 is 0 Å². The number of carbonyl (C=O) groups is 1. The van der Waals surface area contributed by atoms with Gasteiger partial charge in [0.1, 0.15) is 0 Å². The lowest BCUT2D eigenvalue weighted by Gasteiger charge is -2.22. The van der Waals surface area contributed by atoms with Crippen molar-refractivity contribution < 1.29 is 4.79 Å². The highest BCUT2D eigenvalue weighted by Gasteiger charge is 2.21. The van der Waals surface area contributed by atoms with Crippen LogP contribution in [-0.2, 0) is 24.2 Å². The van der Waals surface area contributed by atoms with E-state index in [9.17, 15) is 4.79 Å². The maximum atomic E-state index is 12.1. The van der Waals surface area contributed by atoms with Crippen molar-refractivity contribution in [3.8, 4) is 0 Å². The van der Waals surface area contributed by atoms with Crippen molar-refractivity contribution >= 4 is 5.91 Å². The van der Waals surface area contributed by atoms with Crippen LogP contribution < -0.4 is 5.32 Å². The first kappa shape index (κ1) is 14.8. The highest BCUT2D eigenvalue weighted by Crippen LogP contribution is 2.18. The number of amides is 1. The molecule has 0 radical (unpaired) electrons. The van der Waals surface area contributed by atoms with E-state index in [0.29, 0.717) is 6.42 Å². The number of aromatic nitrogens is 4. The molecule has 0 bridgehead atoms. The van der Waals surface area contributed by atoms with Crippen LogP contribution in [-0.4, -0.2) is 31.9 Å². The van der Waals surface area contributed by atoms with E-state index in [0.717, 1.165) is 43.6 Å². The molecule has 6 heteroatoms. The van der Waals surface area contributed by atoms with Crippen LogP contribution in [0.15, 0.2) is 12.3 Å². The van der Waals surface area contributed by atoms with Crippen molar-refractivity contribution in [3.05, 3.63) is 34.9 Å². The molecule has 0 saturated carbocycles. The number of nitrogens with zero attached hydrogens (tertiary/aromatic N) is 3. The molecule has 1 atom stereocenters. The standard InChI is InChI=1S/C16H23N5O/c1-11-8-12(2)21(20-11)7-3-4-16(22)18-14-6-5-13-10-17-19-15(13)9-14/h8,10,14H,3-7,9H2,1-2H3,(H,17,19)(H,18,22). The van der Waals surface area contributed by atoms with Gasteiger partial charge in [-0.1, -0.05) is 0 Å². The molecule has 118 valence electrons. The van der Waals surface area contributed by atoms with Gasteiger partial charge in [-0.25, -0.2) is 0 Å². The molecule has 0 spiro atoms. The summed E-state index contributed by atoms with van der Waals surface area (Å²) in [6, 6.07) is 2.29. The molecule has 1 aliphatic rings. The van der Waals surface area contributed by atoms with Gasteiger partial charge in [0, 0.05) is 36.8 Å². The minimum Gasteiger partial charge on any atom is -0.353 e. The monoisotopic (exact) mass is 301 g/mol. The summed E-state index contributed by atoms with van der Waals surface area (Å²) in [5, 5.41) is 14.6. The molecule has 2 heterocycles. The maximum Gasteiger partial charge on any atom is 0.220 e. The summed E-state index contributed by atoms with van der Waals surface area (Å²) >= 11 is 0. The fourth-order valence-corrected chi connectivity index (χ4v) is 3.12. The number of H-pyrrole nitrogens is 1. The minimum atomic E-state index is 0.134. The van der Waals surface area contributed by atoms with Gasteiger partial charge in [-0.15, -0.1) is 0 Å². The van der Waals surface area contributed by atoms with E-state index < -0.39 is 0 Å². The molecule has 1 amide bonds. The van der Waals surface area contributed by atoms with E-state index in [1.54, 1.807) is 0 Å². The van der Waals surface area contributed by atoms with Crippen molar-refractivity contribution in [2.75, 3.05) is 0 Å². The number of fused-ring (bicyclic) bond motifs is 1. The van der Waals surface area contributed by atoms with Gasteiger partial charge >= 0.3 is 0 Å². The lowest BCUT2D eigenvalue weighted by molar-refractivity contribution is -0.122.